The first kappa shape index (κ1) is 50.5. The molecule has 1 fully saturated rings. The topological polar surface area (TPSA) is 47.2 Å². The summed E-state index contributed by atoms with van der Waals surface area (Å²) in [4.78, 5) is 24.2. The number of rotatable bonds is 9. The van der Waals surface area contributed by atoms with Gasteiger partial charge in [0.2, 0.25) is 12.3 Å². The van der Waals surface area contributed by atoms with Crippen LogP contribution in [0.5, 0.6) is 0 Å². The number of aromatic nitrogens is 1. The predicted octanol–water partition coefficient (Wildman–Crippen LogP) is 8.80. The Morgan fingerprint density at radius 1 is 0.412 bits per heavy atom. The smallest absolute Gasteiger partial charge is 0.338 e. The van der Waals surface area contributed by atoms with E-state index >= 15 is 35.1 Å². The monoisotopic (exact) mass is 989 g/mol. The second kappa shape index (κ2) is 19.3. The molecule has 6 aromatic rings. The molecular weight excluding hydrogens is 969 g/mol. The Balaban J connectivity index is 0.000000276. The van der Waals surface area contributed by atoms with E-state index in [1.165, 1.54) is 0 Å². The van der Waals surface area contributed by atoms with Gasteiger partial charge in [-0.05, 0) is 25.7 Å². The van der Waals surface area contributed by atoms with Gasteiger partial charge in [0.1, 0.15) is 58.8 Å². The van der Waals surface area contributed by atoms with Crippen molar-refractivity contribution < 1.29 is 107 Å². The van der Waals surface area contributed by atoms with E-state index in [1.807, 2.05) is 18.2 Å². The minimum Gasteiger partial charge on any atom is -0.459 e. The molecule has 0 saturated heterocycles. The number of carbonyl (C=O) groups excluding carboxylic acids is 2. The maximum atomic E-state index is 15.4. The average molecular weight is 989 g/mol. The number of hydrogen-bond donors (Lipinski definition) is 0. The van der Waals surface area contributed by atoms with Gasteiger partial charge in [0.15, 0.2) is 82.2 Å². The van der Waals surface area contributed by atoms with Crippen LogP contribution in [0, 0.1) is 116 Å². The van der Waals surface area contributed by atoms with Crippen molar-refractivity contribution in [3.63, 3.8) is 0 Å². The highest BCUT2D eigenvalue weighted by Gasteiger charge is 2.52. The maximum Gasteiger partial charge on any atom is 0.338 e. The summed E-state index contributed by atoms with van der Waals surface area (Å²) < 4.78 is 301. The van der Waals surface area contributed by atoms with Gasteiger partial charge in [-0.3, -0.25) is 4.79 Å². The summed E-state index contributed by atoms with van der Waals surface area (Å²) in [6.45, 7) is 0.252. The summed E-state index contributed by atoms with van der Waals surface area (Å²) in [6.07, 6.45) is 0.523. The van der Waals surface area contributed by atoms with Crippen molar-refractivity contribution in [3.05, 3.63) is 182 Å². The molecule has 68 heavy (non-hydrogen) atoms. The molecule has 5 aromatic carbocycles. The van der Waals surface area contributed by atoms with Crippen LogP contribution < -0.4 is 26.4 Å². The number of nitrogens with zero attached hydrogens (tertiary/aromatic N) is 1. The zero-order valence-corrected chi connectivity index (χ0v) is 33.1. The van der Waals surface area contributed by atoms with Crippen molar-refractivity contribution >= 4 is 39.7 Å². The first-order valence-electron chi connectivity index (χ1n) is 18.9. The van der Waals surface area contributed by atoms with Gasteiger partial charge in [-0.2, -0.15) is 4.57 Å². The number of benzene rings is 5. The van der Waals surface area contributed by atoms with Gasteiger partial charge in [-0.1, -0.05) is 30.3 Å². The van der Waals surface area contributed by atoms with Gasteiger partial charge in [-0.25, -0.2) is 92.6 Å². The lowest BCUT2D eigenvalue weighted by Crippen LogP contribution is -2.81. The standard InChI is InChI=1S/C24BF20.C19H20NO3/c26-5-1(6(27)14(35)21(42)13(5)34)25(2-7(28)15(36)22(43)16(37)8(2)29,3-9(30)17(38)23(44)18(39)10(3)31)4-11(32)19(40)24(45)20(41)12(4)33;21-18(15-6-2-1-3-7-15)14-20-12-10-16(11-13-20)19(22)23-17-8-4-5-9-17/h;1-3,6-7,10-13,17H,4-5,8-9,14H2/q-1;+1. The molecule has 0 N–H and O–H groups in total. The normalized spacial score (nSPS) is 12.9. The van der Waals surface area contributed by atoms with Gasteiger partial charge in [0.05, 0.1) is 5.56 Å². The lowest BCUT2D eigenvalue weighted by molar-refractivity contribution is -0.683. The zero-order chi connectivity index (χ0) is 50.4. The molecule has 0 spiro atoms. The lowest BCUT2D eigenvalue weighted by Gasteiger charge is -2.44. The number of carbonyl (C=O) groups is 2. The molecule has 1 saturated carbocycles. The largest absolute Gasteiger partial charge is 0.459 e. The molecule has 0 atom stereocenters. The van der Waals surface area contributed by atoms with E-state index < -0.39 is 144 Å². The lowest BCUT2D eigenvalue weighted by atomic mass is 9.12. The van der Waals surface area contributed by atoms with Crippen molar-refractivity contribution in [1.29, 1.82) is 0 Å². The fourth-order valence-electron chi connectivity index (χ4n) is 7.68. The molecule has 1 aliphatic rings. The Kier molecular flexibility index (Phi) is 14.4. The SMILES string of the molecule is Fc1c(F)c(F)c([B-](c2c(F)c(F)c(F)c(F)c2F)(c2c(F)c(F)c(F)c(F)c2F)c2c(F)c(F)c(F)c(F)c2F)c(F)c1F.O=C(C[n+]1ccc(C(=O)OC2CCCC2)cc1)c1ccccc1. The maximum absolute atomic E-state index is 15.4. The number of ketones is 1. The fraction of sp³-hybridized carbons (Fsp3) is 0.140. The van der Waals surface area contributed by atoms with E-state index in [2.05, 4.69) is 0 Å². The van der Waals surface area contributed by atoms with Crippen molar-refractivity contribution in [2.75, 3.05) is 0 Å². The van der Waals surface area contributed by atoms with Crippen LogP contribution in [0.25, 0.3) is 0 Å². The Bertz CT molecular complexity index is 2620. The van der Waals surface area contributed by atoms with Crippen molar-refractivity contribution in [1.82, 2.24) is 0 Å². The van der Waals surface area contributed by atoms with Crippen LogP contribution >= 0.6 is 0 Å². The minimum atomic E-state index is -7.22. The summed E-state index contributed by atoms with van der Waals surface area (Å²) in [5, 5.41) is 0. The second-order valence-electron chi connectivity index (χ2n) is 14.7. The van der Waals surface area contributed by atoms with Gasteiger partial charge >= 0.3 is 5.97 Å². The summed E-state index contributed by atoms with van der Waals surface area (Å²) in [7, 11) is 0. The molecule has 0 unspecified atom stereocenters. The van der Waals surface area contributed by atoms with E-state index in [-0.39, 0.29) is 24.4 Å². The van der Waals surface area contributed by atoms with E-state index in [4.69, 9.17) is 4.74 Å². The molecule has 0 bridgehead atoms. The average Bonchev–Trinajstić information content (AvgIpc) is 3.85. The van der Waals surface area contributed by atoms with Gasteiger partial charge < -0.3 is 4.74 Å². The van der Waals surface area contributed by atoms with Crippen molar-refractivity contribution in [2.24, 2.45) is 0 Å². The number of ether oxygens (including phenoxy) is 1. The highest BCUT2D eigenvalue weighted by Crippen LogP contribution is 2.31. The Morgan fingerprint density at radius 2 is 0.691 bits per heavy atom. The van der Waals surface area contributed by atoms with Crippen LogP contribution in [0.1, 0.15) is 46.4 Å². The van der Waals surface area contributed by atoms with Crippen LogP contribution in [0.3, 0.4) is 0 Å². The molecule has 0 aliphatic heterocycles. The Hall–Kier alpha value is -6.95. The number of pyridine rings is 1. The summed E-state index contributed by atoms with van der Waals surface area (Å²) in [5.41, 5.74) is -13.1. The molecule has 0 radical (unpaired) electrons. The molecule has 25 heteroatoms. The van der Waals surface area contributed by atoms with Crippen molar-refractivity contribution in [2.45, 2.75) is 38.3 Å². The van der Waals surface area contributed by atoms with Gasteiger partial charge in [0.25, 0.3) is 0 Å². The minimum absolute atomic E-state index is 0.0388. The number of Topliss-reactive ketones (excluding diaryl/α,β-unsaturated/α-hetero) is 1. The third kappa shape index (κ3) is 8.39. The third-order valence-corrected chi connectivity index (χ3v) is 10.8. The molecule has 1 aliphatic carbocycles. The Morgan fingerprint density at radius 3 is 0.985 bits per heavy atom. The van der Waals surface area contributed by atoms with E-state index in [1.54, 1.807) is 41.2 Å². The first-order valence-corrected chi connectivity index (χ1v) is 18.9. The molecule has 1 heterocycles. The van der Waals surface area contributed by atoms with Crippen LogP contribution in [-0.4, -0.2) is 24.0 Å². The van der Waals surface area contributed by atoms with Crippen LogP contribution in [0.15, 0.2) is 54.9 Å². The summed E-state index contributed by atoms with van der Waals surface area (Å²) in [6, 6.07) is 12.6. The number of hydrogen-bond acceptors (Lipinski definition) is 3. The van der Waals surface area contributed by atoms with E-state index in [9.17, 15) is 62.3 Å². The molecule has 1 aromatic heterocycles. The highest BCUT2D eigenvalue weighted by molar-refractivity contribution is 7.20. The van der Waals surface area contributed by atoms with Gasteiger partial charge in [0, 0.05) is 17.7 Å². The van der Waals surface area contributed by atoms with E-state index in [0.29, 0.717) is 11.1 Å². The zero-order valence-electron chi connectivity index (χ0n) is 33.1. The molecule has 7 rings (SSSR count). The molecule has 4 nitrogen and oxygen atoms in total. The van der Waals surface area contributed by atoms with Crippen molar-refractivity contribution in [3.8, 4) is 0 Å². The summed E-state index contributed by atoms with van der Waals surface area (Å²) >= 11 is 0. The number of halogens is 20. The Labute approximate surface area is 366 Å². The second-order valence-corrected chi connectivity index (χ2v) is 14.7. The summed E-state index contributed by atoms with van der Waals surface area (Å²) in [5.74, 6) is -71.6. The van der Waals surface area contributed by atoms with Crippen LogP contribution in [-0.2, 0) is 11.3 Å². The number of esters is 1. The molecule has 358 valence electrons. The first-order chi connectivity index (χ1) is 31.9. The van der Waals surface area contributed by atoms with Gasteiger partial charge in [-0.15, -0.1) is 21.9 Å². The quantitative estimate of drug-likeness (QED) is 0.0277. The van der Waals surface area contributed by atoms with Crippen LogP contribution in [0.2, 0.25) is 0 Å². The fourth-order valence-corrected chi connectivity index (χ4v) is 7.68. The molecule has 0 amide bonds. The predicted molar refractivity (Wildman–Crippen MR) is 194 cm³/mol. The van der Waals surface area contributed by atoms with E-state index in [0.717, 1.165) is 25.7 Å². The highest BCUT2D eigenvalue weighted by atomic mass is 19.2. The molecular formula is C43H20BF20NO3. The third-order valence-electron chi connectivity index (χ3n) is 10.8. The van der Waals surface area contributed by atoms with Crippen LogP contribution in [0.4, 0.5) is 87.8 Å².